The normalized spacial score (nSPS) is 17.9. The summed E-state index contributed by atoms with van der Waals surface area (Å²) < 4.78 is 36.4. The number of hydrogen-bond acceptors (Lipinski definition) is 3. The second-order valence-electron chi connectivity index (χ2n) is 3.84. The second-order valence-corrected chi connectivity index (χ2v) is 4.98. The zero-order valence-corrected chi connectivity index (χ0v) is 10.3. The van der Waals surface area contributed by atoms with Crippen LogP contribution >= 0.6 is 11.8 Å². The molecule has 1 aliphatic heterocycles. The molecule has 3 nitrogen and oxygen atoms in total. The van der Waals surface area contributed by atoms with Crippen molar-refractivity contribution in [2.45, 2.75) is 16.8 Å². The summed E-state index contributed by atoms with van der Waals surface area (Å²) >= 11 is -0.201. The van der Waals surface area contributed by atoms with Crippen LogP contribution in [0.15, 0.2) is 34.7 Å². The van der Waals surface area contributed by atoms with Gasteiger partial charge in [0.1, 0.15) is 0 Å². The van der Waals surface area contributed by atoms with Gasteiger partial charge < -0.3 is 0 Å². The van der Waals surface area contributed by atoms with Gasteiger partial charge in [0.2, 0.25) is 5.91 Å². The van der Waals surface area contributed by atoms with Crippen LogP contribution in [-0.2, 0) is 9.59 Å². The van der Waals surface area contributed by atoms with Gasteiger partial charge in [0.15, 0.2) is 0 Å². The first-order chi connectivity index (χ1) is 8.83. The molecule has 1 aromatic carbocycles. The molecule has 100 valence electrons. The van der Waals surface area contributed by atoms with Crippen molar-refractivity contribution >= 4 is 29.7 Å². The van der Waals surface area contributed by atoms with Gasteiger partial charge in [-0.05, 0) is 35.5 Å². The summed E-state index contributed by atoms with van der Waals surface area (Å²) in [4.78, 5) is 22.3. The Morgan fingerprint density at radius 3 is 2.26 bits per heavy atom. The van der Waals surface area contributed by atoms with E-state index in [4.69, 9.17) is 0 Å². The first-order valence-electron chi connectivity index (χ1n) is 5.24. The smallest absolute Gasteiger partial charge is 0.292 e. The Labute approximate surface area is 110 Å². The first-order valence-corrected chi connectivity index (χ1v) is 6.06. The maximum absolute atomic E-state index is 12.1. The zero-order valence-electron chi connectivity index (χ0n) is 9.45. The van der Waals surface area contributed by atoms with Gasteiger partial charge in [0.05, 0.1) is 6.42 Å². The lowest BCUT2D eigenvalue weighted by molar-refractivity contribution is -0.124. The fourth-order valence-electron chi connectivity index (χ4n) is 1.59. The fourth-order valence-corrected chi connectivity index (χ4v) is 2.13. The molecule has 2 amide bonds. The Bertz CT molecular complexity index is 549. The van der Waals surface area contributed by atoms with Crippen molar-refractivity contribution in [2.75, 3.05) is 0 Å². The molecule has 1 aromatic rings. The third kappa shape index (κ3) is 3.85. The molecule has 0 radical (unpaired) electrons. The van der Waals surface area contributed by atoms with Gasteiger partial charge in [-0.1, -0.05) is 12.1 Å². The van der Waals surface area contributed by atoms with Crippen LogP contribution in [0.25, 0.3) is 6.08 Å². The van der Waals surface area contributed by atoms with Crippen LogP contribution in [0.4, 0.5) is 13.2 Å². The summed E-state index contributed by atoms with van der Waals surface area (Å²) in [6.45, 7) is 0. The Kier molecular flexibility index (Phi) is 3.66. The number of nitrogens with one attached hydrogen (secondary N) is 1. The molecule has 1 aliphatic rings. The second kappa shape index (κ2) is 5.08. The quantitative estimate of drug-likeness (QED) is 0.517. The van der Waals surface area contributed by atoms with E-state index in [1.807, 2.05) is 0 Å². The lowest BCUT2D eigenvalue weighted by Crippen LogP contribution is -2.19. The highest BCUT2D eigenvalue weighted by Crippen LogP contribution is 2.36. The molecule has 0 atom stereocenters. The molecule has 0 saturated carbocycles. The van der Waals surface area contributed by atoms with Crippen LogP contribution in [0.5, 0.6) is 0 Å². The predicted octanol–water partition coefficient (Wildman–Crippen LogP) is 2.73. The van der Waals surface area contributed by atoms with E-state index < -0.39 is 11.4 Å². The molecule has 0 aliphatic carbocycles. The predicted molar refractivity (Wildman–Crippen MR) is 64.1 cm³/mol. The molecule has 0 unspecified atom stereocenters. The summed E-state index contributed by atoms with van der Waals surface area (Å²) in [5.41, 5.74) is -3.44. The minimum atomic E-state index is -4.32. The highest BCUT2D eigenvalue weighted by atomic mass is 32.2. The van der Waals surface area contributed by atoms with Crippen molar-refractivity contribution in [3.05, 3.63) is 35.4 Å². The largest absolute Gasteiger partial charge is 0.446 e. The number of rotatable bonds is 2. The molecule has 19 heavy (non-hydrogen) atoms. The lowest BCUT2D eigenvalue weighted by Gasteiger charge is -2.05. The van der Waals surface area contributed by atoms with E-state index in [1.54, 1.807) is 0 Å². The molecule has 1 fully saturated rings. The third-order valence-electron chi connectivity index (χ3n) is 2.35. The summed E-state index contributed by atoms with van der Waals surface area (Å²) in [6.07, 6.45) is 1.49. The average molecular weight is 287 g/mol. The van der Waals surface area contributed by atoms with E-state index >= 15 is 0 Å². The minimum Gasteiger partial charge on any atom is -0.292 e. The molecule has 1 heterocycles. The van der Waals surface area contributed by atoms with Crippen molar-refractivity contribution in [1.82, 2.24) is 5.32 Å². The number of thioether (sulfide) groups is 1. The highest BCUT2D eigenvalue weighted by molar-refractivity contribution is 8.00. The van der Waals surface area contributed by atoms with Crippen LogP contribution in [-0.4, -0.2) is 17.3 Å². The molecule has 1 saturated heterocycles. The standard InChI is InChI=1S/C12H8F3NO2S/c13-12(14,15)19-9-3-1-7(2-4-9)5-8-6-10(17)16-11(8)18/h1-5H,6H2,(H,16,17,18). The van der Waals surface area contributed by atoms with E-state index in [9.17, 15) is 22.8 Å². The number of benzene rings is 1. The molecule has 0 spiro atoms. The van der Waals surface area contributed by atoms with Crippen molar-refractivity contribution in [2.24, 2.45) is 0 Å². The molecule has 2 rings (SSSR count). The van der Waals surface area contributed by atoms with Gasteiger partial charge in [-0.2, -0.15) is 13.2 Å². The number of amides is 2. The Morgan fingerprint density at radius 2 is 1.79 bits per heavy atom. The fraction of sp³-hybridized carbons (Fsp3) is 0.167. The molecule has 0 aromatic heterocycles. The molecular weight excluding hydrogens is 279 g/mol. The van der Waals surface area contributed by atoms with E-state index in [0.29, 0.717) is 11.1 Å². The van der Waals surface area contributed by atoms with Crippen molar-refractivity contribution in [3.8, 4) is 0 Å². The van der Waals surface area contributed by atoms with Crippen molar-refractivity contribution < 1.29 is 22.8 Å². The highest BCUT2D eigenvalue weighted by Gasteiger charge is 2.29. The van der Waals surface area contributed by atoms with Crippen molar-refractivity contribution in [1.29, 1.82) is 0 Å². The van der Waals surface area contributed by atoms with E-state index in [1.165, 1.54) is 30.3 Å². The first kappa shape index (κ1) is 13.7. The number of halogens is 3. The van der Waals surface area contributed by atoms with Gasteiger partial charge in [0, 0.05) is 10.5 Å². The summed E-state index contributed by atoms with van der Waals surface area (Å²) in [5.74, 6) is -0.834. The Balaban J connectivity index is 2.13. The topological polar surface area (TPSA) is 46.2 Å². The zero-order chi connectivity index (χ0) is 14.0. The van der Waals surface area contributed by atoms with Crippen molar-refractivity contribution in [3.63, 3.8) is 0 Å². The Hall–Kier alpha value is -1.76. The number of alkyl halides is 3. The Morgan fingerprint density at radius 1 is 1.16 bits per heavy atom. The van der Waals surface area contributed by atoms with Crippen LogP contribution in [0.2, 0.25) is 0 Å². The number of carbonyl (C=O) groups is 2. The number of imide groups is 1. The maximum Gasteiger partial charge on any atom is 0.446 e. The number of hydrogen-bond donors (Lipinski definition) is 1. The molecule has 0 bridgehead atoms. The van der Waals surface area contributed by atoms with E-state index in [-0.39, 0.29) is 29.0 Å². The van der Waals surface area contributed by atoms with Gasteiger partial charge in [0.25, 0.3) is 5.91 Å². The van der Waals surface area contributed by atoms with Crippen LogP contribution in [0.3, 0.4) is 0 Å². The van der Waals surface area contributed by atoms with E-state index in [0.717, 1.165) is 0 Å². The lowest BCUT2D eigenvalue weighted by atomic mass is 10.1. The maximum atomic E-state index is 12.1. The monoisotopic (exact) mass is 287 g/mol. The SMILES string of the molecule is O=C1CC(=Cc2ccc(SC(F)(F)F)cc2)C(=O)N1. The van der Waals surface area contributed by atoms with Crippen LogP contribution in [0.1, 0.15) is 12.0 Å². The van der Waals surface area contributed by atoms with Gasteiger partial charge >= 0.3 is 5.51 Å². The minimum absolute atomic E-state index is 0.00210. The average Bonchev–Trinajstić information content (AvgIpc) is 2.58. The van der Waals surface area contributed by atoms with Crippen LogP contribution < -0.4 is 5.32 Å². The van der Waals surface area contributed by atoms with E-state index in [2.05, 4.69) is 5.32 Å². The molecule has 1 N–H and O–H groups in total. The number of carbonyl (C=O) groups excluding carboxylic acids is 2. The third-order valence-corrected chi connectivity index (χ3v) is 3.09. The summed E-state index contributed by atoms with van der Waals surface area (Å²) in [7, 11) is 0. The molecular formula is C12H8F3NO2S. The van der Waals surface area contributed by atoms with Gasteiger partial charge in [-0.3, -0.25) is 14.9 Å². The summed E-state index contributed by atoms with van der Waals surface area (Å²) in [5, 5.41) is 2.13. The summed E-state index contributed by atoms with van der Waals surface area (Å²) in [6, 6.07) is 5.58. The van der Waals surface area contributed by atoms with Gasteiger partial charge in [-0.15, -0.1) is 0 Å². The molecule has 7 heteroatoms. The van der Waals surface area contributed by atoms with Gasteiger partial charge in [-0.25, -0.2) is 0 Å². The van der Waals surface area contributed by atoms with Crippen LogP contribution in [0, 0.1) is 0 Å².